The lowest BCUT2D eigenvalue weighted by Crippen LogP contribution is -2.58. The van der Waals surface area contributed by atoms with Crippen LogP contribution >= 0.6 is 0 Å². The monoisotopic (exact) mass is 821 g/mol. The van der Waals surface area contributed by atoms with Gasteiger partial charge >= 0.3 is 63.1 Å². The molecule has 0 bridgehead atoms. The van der Waals surface area contributed by atoms with Gasteiger partial charge in [-0.05, 0) is 6.42 Å². The van der Waals surface area contributed by atoms with Gasteiger partial charge in [0, 0.05) is 18.7 Å². The highest BCUT2D eigenvalue weighted by molar-refractivity contribution is 5.81. The summed E-state index contributed by atoms with van der Waals surface area (Å²) >= 11 is 0. The summed E-state index contributed by atoms with van der Waals surface area (Å²) in [5.74, 6) is -2.25. The second-order valence-electron chi connectivity index (χ2n) is 12.3. The van der Waals surface area contributed by atoms with Crippen molar-refractivity contribution in [3.05, 3.63) is 183 Å². The van der Waals surface area contributed by atoms with Crippen LogP contribution in [0.1, 0.15) is 6.42 Å². The zero-order valence-corrected chi connectivity index (χ0v) is 32.0. The molecule has 0 saturated carbocycles. The molecule has 22 heteroatoms. The molecule has 22 nitrogen and oxygen atoms in total. The van der Waals surface area contributed by atoms with E-state index < -0.39 is 108 Å². The highest BCUT2D eigenvalue weighted by Crippen LogP contribution is 2.02. The van der Waals surface area contributed by atoms with Crippen molar-refractivity contribution in [2.24, 2.45) is 0 Å². The Morgan fingerprint density at radius 3 is 0.881 bits per heavy atom. The zero-order chi connectivity index (χ0) is 44.1. The predicted molar refractivity (Wildman–Crippen MR) is 213 cm³/mol. The largest absolute Gasteiger partial charge is 0.455 e. The van der Waals surface area contributed by atoms with Crippen LogP contribution in [-0.2, 0) is 78.0 Å². The summed E-state index contributed by atoms with van der Waals surface area (Å²) in [5, 5.41) is 0. The molecule has 0 aliphatic heterocycles. The maximum absolute atomic E-state index is 14.2. The van der Waals surface area contributed by atoms with Gasteiger partial charge in [-0.2, -0.15) is 0 Å². The maximum Gasteiger partial charge on any atom is 0.336 e. The van der Waals surface area contributed by atoms with Crippen LogP contribution in [0.2, 0.25) is 0 Å². The van der Waals surface area contributed by atoms with Gasteiger partial charge in [0.15, 0.2) is 0 Å². The topological polar surface area (TPSA) is 251 Å². The second kappa shape index (κ2) is 20.5. The first kappa shape index (κ1) is 45.7. The third-order valence-electron chi connectivity index (χ3n) is 8.40. The molecule has 0 N–H and O–H groups in total. The first-order valence-electron chi connectivity index (χ1n) is 17.6. The average Bonchev–Trinajstić information content (AvgIpc) is 3.21. The fraction of sp³-hybridized carbons (Fsp3) is 0.324. The lowest BCUT2D eigenvalue weighted by atomic mass is 10.3. The van der Waals surface area contributed by atoms with Gasteiger partial charge in [0.25, 0.3) is 0 Å². The van der Waals surface area contributed by atoms with Gasteiger partial charge in [0.2, 0.25) is 0 Å². The van der Waals surface area contributed by atoms with Gasteiger partial charge in [0.05, 0.1) is 52.4 Å². The van der Waals surface area contributed by atoms with E-state index in [1.807, 2.05) is 0 Å². The van der Waals surface area contributed by atoms with Crippen LogP contribution in [0.15, 0.2) is 132 Å². The molecular weight excluding hydrogens is 778 g/mol. The van der Waals surface area contributed by atoms with Crippen LogP contribution in [-0.4, -0.2) is 65.3 Å². The van der Waals surface area contributed by atoms with E-state index >= 15 is 0 Å². The van der Waals surface area contributed by atoms with E-state index in [1.165, 1.54) is 24.3 Å². The SMILES string of the molecule is C=CCCn1c(=O)n(CC=C)c(=O)n(CC(Cn2c(=O)n(CC=C)c(=O)n(CC(Cn3c(=O)n(CC=C)c(=O)n(CC=C)c3=O)OC(=O)C=C)c2=O)OC(=O)C=C)c1=O. The van der Waals surface area contributed by atoms with E-state index in [0.29, 0.717) is 42.6 Å². The van der Waals surface area contributed by atoms with Gasteiger partial charge in [-0.25, -0.2) is 93.8 Å². The summed E-state index contributed by atoms with van der Waals surface area (Å²) in [4.78, 5) is 147. The van der Waals surface area contributed by atoms with Crippen LogP contribution < -0.4 is 51.2 Å². The molecule has 0 radical (unpaired) electrons. The summed E-state index contributed by atoms with van der Waals surface area (Å²) in [6, 6.07) is 0. The lowest BCUT2D eigenvalue weighted by Gasteiger charge is -2.23. The standard InChI is InChI=1S/C37H43N9O13/c1-8-15-20-42-30(50)40(18-11-4)33(53)44(36(42)56)22-26(59-28(48)14-7)24-46-35(55)41(19-12-5)34(54)45(37(46)57)23-25(58-27(47)13-6)21-43-31(51)38(16-9-2)29(49)39(17-10-3)32(43)52/h8-14,25-26H,1-7,15-24H2. The number of carbonyl (C=O) groups is 2. The number of hydrogen-bond acceptors (Lipinski definition) is 13. The normalized spacial score (nSPS) is 11.8. The summed E-state index contributed by atoms with van der Waals surface area (Å²) in [6.07, 6.45) is 4.33. The van der Waals surface area contributed by atoms with Crippen molar-refractivity contribution >= 4 is 11.9 Å². The quantitative estimate of drug-likeness (QED) is 0.0528. The van der Waals surface area contributed by atoms with Gasteiger partial charge in [-0.15, -0.1) is 32.9 Å². The van der Waals surface area contributed by atoms with Crippen LogP contribution in [0.25, 0.3) is 0 Å². The fourth-order valence-corrected chi connectivity index (χ4v) is 5.73. The third kappa shape index (κ3) is 10.0. The van der Waals surface area contributed by atoms with Crippen molar-refractivity contribution in [3.63, 3.8) is 0 Å². The zero-order valence-electron chi connectivity index (χ0n) is 32.0. The van der Waals surface area contributed by atoms with E-state index in [4.69, 9.17) is 9.47 Å². The van der Waals surface area contributed by atoms with Crippen molar-refractivity contribution in [1.82, 2.24) is 41.1 Å². The Balaban J connectivity index is 2.33. The first-order valence-corrected chi connectivity index (χ1v) is 17.6. The van der Waals surface area contributed by atoms with Crippen molar-refractivity contribution in [1.29, 1.82) is 0 Å². The molecule has 0 aliphatic carbocycles. The number of aromatic nitrogens is 9. The molecule has 0 spiro atoms. The number of hydrogen-bond donors (Lipinski definition) is 0. The molecule has 0 fully saturated rings. The van der Waals surface area contributed by atoms with E-state index in [0.717, 1.165) is 16.7 Å². The van der Waals surface area contributed by atoms with Crippen molar-refractivity contribution in [3.8, 4) is 0 Å². The molecule has 3 heterocycles. The summed E-state index contributed by atoms with van der Waals surface area (Å²) in [6.45, 7) is 19.0. The Morgan fingerprint density at radius 2 is 0.627 bits per heavy atom. The van der Waals surface area contributed by atoms with Crippen LogP contribution in [0.5, 0.6) is 0 Å². The molecule has 2 unspecified atom stereocenters. The Morgan fingerprint density at radius 1 is 0.390 bits per heavy atom. The highest BCUT2D eigenvalue weighted by atomic mass is 16.5. The molecule has 0 aliphatic rings. The summed E-state index contributed by atoms with van der Waals surface area (Å²) in [7, 11) is 0. The van der Waals surface area contributed by atoms with Crippen molar-refractivity contribution < 1.29 is 19.1 Å². The molecule has 3 aromatic heterocycles. The molecular formula is C37H43N9O13. The van der Waals surface area contributed by atoms with Crippen molar-refractivity contribution in [2.45, 2.75) is 77.5 Å². The Labute approximate surface area is 332 Å². The highest BCUT2D eigenvalue weighted by Gasteiger charge is 2.27. The van der Waals surface area contributed by atoms with E-state index in [2.05, 4.69) is 46.1 Å². The Kier molecular flexibility index (Phi) is 15.9. The van der Waals surface area contributed by atoms with Crippen LogP contribution in [0.4, 0.5) is 0 Å². The molecule has 314 valence electrons. The van der Waals surface area contributed by atoms with E-state index in [9.17, 15) is 52.7 Å². The minimum atomic E-state index is -1.72. The summed E-state index contributed by atoms with van der Waals surface area (Å²) < 4.78 is 15.9. The number of ether oxygens (including phenoxy) is 2. The number of rotatable bonds is 23. The molecule has 0 saturated heterocycles. The van der Waals surface area contributed by atoms with Gasteiger partial charge < -0.3 is 9.47 Å². The Hall–Kier alpha value is -7.65. The van der Waals surface area contributed by atoms with Gasteiger partial charge in [0.1, 0.15) is 12.2 Å². The molecule has 2 atom stereocenters. The van der Waals surface area contributed by atoms with E-state index in [-0.39, 0.29) is 32.6 Å². The first-order chi connectivity index (χ1) is 28.1. The number of allylic oxidation sites excluding steroid dienone is 5. The summed E-state index contributed by atoms with van der Waals surface area (Å²) in [5.41, 5.74) is -10.5. The molecule has 59 heavy (non-hydrogen) atoms. The smallest absolute Gasteiger partial charge is 0.336 e. The van der Waals surface area contributed by atoms with Crippen LogP contribution in [0, 0.1) is 0 Å². The molecule has 0 aromatic carbocycles. The number of carbonyl (C=O) groups excluding carboxylic acids is 2. The van der Waals surface area contributed by atoms with Gasteiger partial charge in [-0.1, -0.05) is 43.5 Å². The molecule has 0 amide bonds. The third-order valence-corrected chi connectivity index (χ3v) is 8.40. The number of nitrogens with zero attached hydrogens (tertiary/aromatic N) is 9. The Bertz CT molecular complexity index is 2710. The van der Waals surface area contributed by atoms with Gasteiger partial charge in [-0.3, -0.25) is 0 Å². The minimum absolute atomic E-state index is 0.136. The minimum Gasteiger partial charge on any atom is -0.455 e. The molecule has 3 aromatic rings. The van der Waals surface area contributed by atoms with Crippen LogP contribution in [0.3, 0.4) is 0 Å². The molecule has 3 rings (SSSR count). The average molecular weight is 822 g/mol. The lowest BCUT2D eigenvalue weighted by molar-refractivity contribution is -0.145. The second-order valence-corrected chi connectivity index (χ2v) is 12.3. The predicted octanol–water partition coefficient (Wildman–Crippen LogP) is -2.94. The van der Waals surface area contributed by atoms with Crippen molar-refractivity contribution in [2.75, 3.05) is 0 Å². The maximum atomic E-state index is 14.2. The number of esters is 2. The fourth-order valence-electron chi connectivity index (χ4n) is 5.73. The van der Waals surface area contributed by atoms with E-state index in [1.54, 1.807) is 0 Å².